The smallest absolute Gasteiger partial charge is 0.238 e. The third-order valence-electron chi connectivity index (χ3n) is 4.53. The van der Waals surface area contributed by atoms with Crippen molar-refractivity contribution in [2.75, 3.05) is 0 Å². The second-order valence-corrected chi connectivity index (χ2v) is 7.97. The molecule has 0 bridgehead atoms. The van der Waals surface area contributed by atoms with Crippen LogP contribution in [-0.4, -0.2) is 18.4 Å². The lowest BCUT2D eigenvalue weighted by molar-refractivity contribution is 0.598. The number of sulfonamides is 1. The van der Waals surface area contributed by atoms with Crippen LogP contribution < -0.4 is 5.14 Å². The van der Waals surface area contributed by atoms with Crippen LogP contribution in [0.3, 0.4) is 0 Å². The molecule has 6 heteroatoms. The maximum atomic E-state index is 11.9. The van der Waals surface area contributed by atoms with E-state index in [-0.39, 0.29) is 4.90 Å². The van der Waals surface area contributed by atoms with Gasteiger partial charge in [-0.1, -0.05) is 54.6 Å². The van der Waals surface area contributed by atoms with E-state index < -0.39 is 10.0 Å². The number of fused-ring (bicyclic) bond motifs is 1. The Bertz CT molecular complexity index is 1200. The Labute approximate surface area is 157 Å². The number of benzene rings is 3. The van der Waals surface area contributed by atoms with Gasteiger partial charge in [-0.05, 0) is 35.7 Å². The van der Waals surface area contributed by atoms with E-state index in [1.165, 1.54) is 11.6 Å². The third-order valence-corrected chi connectivity index (χ3v) is 5.50. The Morgan fingerprint density at radius 2 is 1.63 bits per heavy atom. The molecule has 0 aliphatic heterocycles. The lowest BCUT2D eigenvalue weighted by Gasteiger charge is -2.07. The average Bonchev–Trinajstić information content (AvgIpc) is 3.08. The number of aromatic amines is 1. The number of rotatable bonds is 5. The van der Waals surface area contributed by atoms with Crippen LogP contribution in [-0.2, 0) is 22.9 Å². The fourth-order valence-electron chi connectivity index (χ4n) is 3.21. The summed E-state index contributed by atoms with van der Waals surface area (Å²) in [5, 5.41) is 5.36. The molecular formula is C21H19N3O2S. The van der Waals surface area contributed by atoms with Crippen LogP contribution in [0.2, 0.25) is 0 Å². The van der Waals surface area contributed by atoms with E-state index in [0.29, 0.717) is 5.56 Å². The summed E-state index contributed by atoms with van der Waals surface area (Å²) in [5.74, 6) is 0.908. The lowest BCUT2D eigenvalue weighted by atomic mass is 10.1. The molecule has 0 saturated carbocycles. The molecule has 0 aliphatic carbocycles. The number of aromatic nitrogens is 2. The van der Waals surface area contributed by atoms with Gasteiger partial charge in [-0.3, -0.25) is 0 Å². The van der Waals surface area contributed by atoms with Crippen molar-refractivity contribution in [3.8, 4) is 11.1 Å². The van der Waals surface area contributed by atoms with Crippen molar-refractivity contribution >= 4 is 21.1 Å². The number of nitrogens with two attached hydrogens (primary N) is 1. The summed E-state index contributed by atoms with van der Waals surface area (Å²) < 4.78 is 23.7. The molecule has 0 atom stereocenters. The first-order valence-corrected chi connectivity index (χ1v) is 10.2. The van der Waals surface area contributed by atoms with E-state index in [1.54, 1.807) is 18.2 Å². The molecule has 0 aliphatic rings. The van der Waals surface area contributed by atoms with Crippen LogP contribution in [0.4, 0.5) is 0 Å². The van der Waals surface area contributed by atoms with Crippen molar-refractivity contribution in [3.05, 3.63) is 84.2 Å². The molecule has 136 valence electrons. The summed E-state index contributed by atoms with van der Waals surface area (Å²) in [6.45, 7) is 0. The molecule has 3 N–H and O–H groups in total. The molecule has 1 aromatic heterocycles. The first-order valence-electron chi connectivity index (χ1n) is 8.65. The number of aryl methyl sites for hydroxylation is 2. The maximum absolute atomic E-state index is 11.9. The van der Waals surface area contributed by atoms with Crippen LogP contribution in [0, 0.1) is 0 Å². The Morgan fingerprint density at radius 1 is 0.889 bits per heavy atom. The Balaban J connectivity index is 1.66. The van der Waals surface area contributed by atoms with Crippen molar-refractivity contribution < 1.29 is 8.42 Å². The second-order valence-electron chi connectivity index (χ2n) is 6.44. The van der Waals surface area contributed by atoms with Gasteiger partial charge in [0, 0.05) is 12.0 Å². The van der Waals surface area contributed by atoms with Gasteiger partial charge in [-0.15, -0.1) is 0 Å². The highest BCUT2D eigenvalue weighted by Crippen LogP contribution is 2.28. The summed E-state index contributed by atoms with van der Waals surface area (Å²) in [7, 11) is -3.80. The average molecular weight is 377 g/mol. The molecule has 0 amide bonds. The zero-order chi connectivity index (χ0) is 18.9. The van der Waals surface area contributed by atoms with Gasteiger partial charge in [-0.25, -0.2) is 18.5 Å². The summed E-state index contributed by atoms with van der Waals surface area (Å²) in [6.07, 6.45) is 1.71. The van der Waals surface area contributed by atoms with Gasteiger partial charge in [0.2, 0.25) is 10.0 Å². The number of hydrogen-bond acceptors (Lipinski definition) is 3. The molecule has 27 heavy (non-hydrogen) atoms. The largest absolute Gasteiger partial charge is 0.342 e. The highest BCUT2D eigenvalue weighted by atomic mass is 32.2. The van der Waals surface area contributed by atoms with Crippen LogP contribution in [0.1, 0.15) is 11.4 Å². The fourth-order valence-corrected chi connectivity index (χ4v) is 3.97. The summed E-state index contributed by atoms with van der Waals surface area (Å²) in [6, 6.07) is 22.7. The van der Waals surface area contributed by atoms with E-state index in [4.69, 9.17) is 5.14 Å². The van der Waals surface area contributed by atoms with E-state index >= 15 is 0 Å². The summed E-state index contributed by atoms with van der Waals surface area (Å²) in [5.41, 5.74) is 4.35. The number of nitrogens with one attached hydrogen (secondary N) is 1. The first-order chi connectivity index (χ1) is 13.0. The van der Waals surface area contributed by atoms with Crippen molar-refractivity contribution in [2.45, 2.75) is 17.7 Å². The predicted molar refractivity (Wildman–Crippen MR) is 107 cm³/mol. The second kappa shape index (κ2) is 6.98. The zero-order valence-electron chi connectivity index (χ0n) is 14.6. The number of imidazole rings is 1. The topological polar surface area (TPSA) is 88.8 Å². The van der Waals surface area contributed by atoms with Crippen molar-refractivity contribution in [1.82, 2.24) is 9.97 Å². The normalized spacial score (nSPS) is 11.7. The minimum atomic E-state index is -3.80. The molecule has 5 nitrogen and oxygen atoms in total. The van der Waals surface area contributed by atoms with E-state index in [2.05, 4.69) is 22.1 Å². The SMILES string of the molecule is NS(=O)(=O)c1ccccc1-c1ccc2[nH]c(CCc3ccccc3)nc2c1. The van der Waals surface area contributed by atoms with Crippen LogP contribution in [0.25, 0.3) is 22.2 Å². The van der Waals surface area contributed by atoms with Gasteiger partial charge in [0.15, 0.2) is 0 Å². The molecule has 4 rings (SSSR count). The Morgan fingerprint density at radius 3 is 2.41 bits per heavy atom. The van der Waals surface area contributed by atoms with Crippen LogP contribution >= 0.6 is 0 Å². The van der Waals surface area contributed by atoms with Crippen molar-refractivity contribution in [3.63, 3.8) is 0 Å². The molecule has 0 unspecified atom stereocenters. The van der Waals surface area contributed by atoms with E-state index in [0.717, 1.165) is 35.3 Å². The molecule has 1 heterocycles. The molecule has 3 aromatic carbocycles. The van der Waals surface area contributed by atoms with Gasteiger partial charge in [0.1, 0.15) is 5.82 Å². The molecule has 4 aromatic rings. The first kappa shape index (κ1) is 17.5. The predicted octanol–water partition coefficient (Wildman–Crippen LogP) is 3.66. The lowest BCUT2D eigenvalue weighted by Crippen LogP contribution is -2.13. The number of hydrogen-bond donors (Lipinski definition) is 2. The summed E-state index contributed by atoms with van der Waals surface area (Å²) in [4.78, 5) is 8.12. The third kappa shape index (κ3) is 3.77. The molecule has 0 fully saturated rings. The molecule has 0 spiro atoms. The molecule has 0 saturated heterocycles. The molecule has 0 radical (unpaired) electrons. The highest BCUT2D eigenvalue weighted by molar-refractivity contribution is 7.89. The van der Waals surface area contributed by atoms with Gasteiger partial charge in [0.25, 0.3) is 0 Å². The van der Waals surface area contributed by atoms with Crippen molar-refractivity contribution in [1.29, 1.82) is 0 Å². The number of primary sulfonamides is 1. The van der Waals surface area contributed by atoms with Crippen LogP contribution in [0.5, 0.6) is 0 Å². The number of nitrogens with zero attached hydrogens (tertiary/aromatic N) is 1. The van der Waals surface area contributed by atoms with E-state index in [1.807, 2.05) is 36.4 Å². The van der Waals surface area contributed by atoms with Crippen molar-refractivity contribution in [2.24, 2.45) is 5.14 Å². The standard InChI is InChI=1S/C21H19N3O2S/c22-27(25,26)20-9-5-4-8-17(20)16-11-12-18-19(14-16)24-21(23-18)13-10-15-6-2-1-3-7-15/h1-9,11-12,14H,10,13H2,(H,23,24)(H2,22,25,26). The fraction of sp³-hybridized carbons (Fsp3) is 0.0952. The van der Waals surface area contributed by atoms with Gasteiger partial charge in [0.05, 0.1) is 15.9 Å². The van der Waals surface area contributed by atoms with Gasteiger partial charge >= 0.3 is 0 Å². The minimum absolute atomic E-state index is 0.115. The van der Waals surface area contributed by atoms with Gasteiger partial charge in [-0.2, -0.15) is 0 Å². The Hall–Kier alpha value is -2.96. The van der Waals surface area contributed by atoms with Crippen LogP contribution in [0.15, 0.2) is 77.7 Å². The maximum Gasteiger partial charge on any atom is 0.238 e. The quantitative estimate of drug-likeness (QED) is 0.556. The summed E-state index contributed by atoms with van der Waals surface area (Å²) >= 11 is 0. The monoisotopic (exact) mass is 377 g/mol. The highest BCUT2D eigenvalue weighted by Gasteiger charge is 2.15. The van der Waals surface area contributed by atoms with Gasteiger partial charge < -0.3 is 4.98 Å². The minimum Gasteiger partial charge on any atom is -0.342 e. The van der Waals surface area contributed by atoms with E-state index in [9.17, 15) is 8.42 Å². The molecular weight excluding hydrogens is 358 g/mol. The zero-order valence-corrected chi connectivity index (χ0v) is 15.4. The number of H-pyrrole nitrogens is 1. The Kier molecular flexibility index (Phi) is 4.51.